The van der Waals surface area contributed by atoms with Gasteiger partial charge < -0.3 is 19.9 Å². The highest BCUT2D eigenvalue weighted by Gasteiger charge is 2.22. The van der Waals surface area contributed by atoms with Crippen molar-refractivity contribution in [1.82, 2.24) is 14.8 Å². The minimum absolute atomic E-state index is 0.147. The van der Waals surface area contributed by atoms with Gasteiger partial charge in [0.25, 0.3) is 11.8 Å². The molecule has 7 nitrogen and oxygen atoms in total. The third-order valence-electron chi connectivity index (χ3n) is 4.63. The van der Waals surface area contributed by atoms with Gasteiger partial charge in [0.15, 0.2) is 0 Å². The summed E-state index contributed by atoms with van der Waals surface area (Å²) in [6.07, 6.45) is 1.49. The molecule has 1 N–H and O–H groups in total. The van der Waals surface area contributed by atoms with Crippen LogP contribution in [0.2, 0.25) is 0 Å². The van der Waals surface area contributed by atoms with Gasteiger partial charge in [0.1, 0.15) is 11.4 Å². The molecule has 2 amide bonds. The van der Waals surface area contributed by atoms with Gasteiger partial charge in [-0.1, -0.05) is 6.07 Å². The Hall–Kier alpha value is -2.93. The van der Waals surface area contributed by atoms with Crippen LogP contribution >= 0.6 is 0 Å². The van der Waals surface area contributed by atoms with E-state index in [1.54, 1.807) is 24.1 Å². The van der Waals surface area contributed by atoms with Crippen LogP contribution in [0.15, 0.2) is 36.5 Å². The van der Waals surface area contributed by atoms with E-state index in [2.05, 4.69) is 15.2 Å². The number of methoxy groups -OCH3 is 1. The van der Waals surface area contributed by atoms with Gasteiger partial charge in [-0.3, -0.25) is 14.6 Å². The fourth-order valence-corrected chi connectivity index (χ4v) is 2.97. The molecule has 142 valence electrons. The molecule has 27 heavy (non-hydrogen) atoms. The van der Waals surface area contributed by atoms with Crippen molar-refractivity contribution >= 4 is 17.5 Å². The van der Waals surface area contributed by atoms with E-state index in [0.717, 1.165) is 18.7 Å². The number of aromatic nitrogens is 1. The molecule has 2 heterocycles. The highest BCUT2D eigenvalue weighted by Crippen LogP contribution is 2.25. The number of hydrogen-bond acceptors (Lipinski definition) is 5. The number of ether oxygens (including phenoxy) is 1. The zero-order valence-electron chi connectivity index (χ0n) is 15.9. The zero-order valence-corrected chi connectivity index (χ0v) is 15.9. The molecule has 0 radical (unpaired) electrons. The second-order valence-electron chi connectivity index (χ2n) is 6.68. The topological polar surface area (TPSA) is 74.8 Å². The number of likely N-dealkylation sites (N-methyl/N-ethyl adjacent to an activating group) is 1. The Morgan fingerprint density at radius 1 is 1.11 bits per heavy atom. The second-order valence-corrected chi connectivity index (χ2v) is 6.68. The number of pyridine rings is 1. The van der Waals surface area contributed by atoms with Crippen LogP contribution in [-0.4, -0.2) is 66.9 Å². The molecule has 7 heteroatoms. The average molecular weight is 368 g/mol. The van der Waals surface area contributed by atoms with E-state index in [9.17, 15) is 9.59 Å². The predicted molar refractivity (Wildman–Crippen MR) is 103 cm³/mol. The standard InChI is InChI=1S/C20H24N4O3/c1-14-4-5-18(27-3)16(12-14)22-19(25)15-6-7-21-17(13-15)20(26)24-10-8-23(2)9-11-24/h4-7,12-13H,8-11H2,1-3H3,(H,22,25). The van der Waals surface area contributed by atoms with Crippen molar-refractivity contribution in [3.63, 3.8) is 0 Å². The molecule has 1 aliphatic rings. The molecule has 1 aromatic heterocycles. The molecular weight excluding hydrogens is 344 g/mol. The van der Waals surface area contributed by atoms with Crippen molar-refractivity contribution in [3.8, 4) is 5.75 Å². The SMILES string of the molecule is COc1ccc(C)cc1NC(=O)c1ccnc(C(=O)N2CCN(C)CC2)c1. The Morgan fingerprint density at radius 3 is 2.56 bits per heavy atom. The summed E-state index contributed by atoms with van der Waals surface area (Å²) in [6, 6.07) is 8.69. The molecule has 0 spiro atoms. The molecule has 1 fully saturated rings. The normalized spacial score (nSPS) is 14.7. The quantitative estimate of drug-likeness (QED) is 0.894. The molecule has 0 atom stereocenters. The van der Waals surface area contributed by atoms with E-state index in [-0.39, 0.29) is 17.5 Å². The van der Waals surface area contributed by atoms with E-state index in [4.69, 9.17) is 4.74 Å². The molecule has 2 aromatic rings. The van der Waals surface area contributed by atoms with E-state index in [0.29, 0.717) is 30.1 Å². The number of rotatable bonds is 4. The summed E-state index contributed by atoms with van der Waals surface area (Å²) >= 11 is 0. The molecule has 1 aliphatic heterocycles. The number of benzene rings is 1. The Bertz CT molecular complexity index is 845. The average Bonchev–Trinajstić information content (AvgIpc) is 2.68. The van der Waals surface area contributed by atoms with Gasteiger partial charge in [-0.15, -0.1) is 0 Å². The van der Waals surface area contributed by atoms with Gasteiger partial charge in [-0.25, -0.2) is 0 Å². The van der Waals surface area contributed by atoms with Crippen molar-refractivity contribution in [3.05, 3.63) is 53.3 Å². The van der Waals surface area contributed by atoms with Crippen LogP contribution < -0.4 is 10.1 Å². The third-order valence-corrected chi connectivity index (χ3v) is 4.63. The van der Waals surface area contributed by atoms with Gasteiger partial charge in [-0.2, -0.15) is 0 Å². The number of hydrogen-bond donors (Lipinski definition) is 1. The number of carbonyl (C=O) groups excluding carboxylic acids is 2. The Morgan fingerprint density at radius 2 is 1.85 bits per heavy atom. The first-order valence-electron chi connectivity index (χ1n) is 8.88. The van der Waals surface area contributed by atoms with Gasteiger partial charge in [-0.05, 0) is 43.8 Å². The van der Waals surface area contributed by atoms with Crippen LogP contribution in [0.25, 0.3) is 0 Å². The minimum Gasteiger partial charge on any atom is -0.495 e. The second kappa shape index (κ2) is 8.18. The largest absolute Gasteiger partial charge is 0.495 e. The van der Waals surface area contributed by atoms with Crippen molar-refractivity contribution < 1.29 is 14.3 Å². The number of amides is 2. The van der Waals surface area contributed by atoms with Gasteiger partial charge >= 0.3 is 0 Å². The number of nitrogens with one attached hydrogen (secondary N) is 1. The fraction of sp³-hybridized carbons (Fsp3) is 0.350. The Labute approximate surface area is 158 Å². The molecule has 0 aliphatic carbocycles. The third kappa shape index (κ3) is 4.43. The lowest BCUT2D eigenvalue weighted by Gasteiger charge is -2.32. The summed E-state index contributed by atoms with van der Waals surface area (Å²) in [6.45, 7) is 4.92. The zero-order chi connectivity index (χ0) is 19.4. The van der Waals surface area contributed by atoms with Crippen molar-refractivity contribution in [2.24, 2.45) is 0 Å². The molecule has 3 rings (SSSR count). The maximum Gasteiger partial charge on any atom is 0.272 e. The smallest absolute Gasteiger partial charge is 0.272 e. The van der Waals surface area contributed by atoms with E-state index < -0.39 is 0 Å². The van der Waals surface area contributed by atoms with Crippen LogP contribution in [-0.2, 0) is 0 Å². The lowest BCUT2D eigenvalue weighted by Crippen LogP contribution is -2.47. The van der Waals surface area contributed by atoms with E-state index in [1.807, 2.05) is 26.1 Å². The number of aryl methyl sites for hydroxylation is 1. The minimum atomic E-state index is -0.311. The number of nitrogens with zero attached hydrogens (tertiary/aromatic N) is 3. The summed E-state index contributed by atoms with van der Waals surface area (Å²) in [7, 11) is 3.59. The van der Waals surface area contributed by atoms with Crippen molar-refractivity contribution in [2.45, 2.75) is 6.92 Å². The van der Waals surface area contributed by atoms with Crippen LogP contribution in [0.1, 0.15) is 26.4 Å². The van der Waals surface area contributed by atoms with Crippen molar-refractivity contribution in [1.29, 1.82) is 0 Å². The highest BCUT2D eigenvalue weighted by molar-refractivity contribution is 6.06. The van der Waals surface area contributed by atoms with Crippen molar-refractivity contribution in [2.75, 3.05) is 45.7 Å². The summed E-state index contributed by atoms with van der Waals surface area (Å²) in [5.41, 5.74) is 2.26. The Balaban J connectivity index is 1.76. The molecule has 0 bridgehead atoms. The molecule has 1 aromatic carbocycles. The molecule has 1 saturated heterocycles. The van der Waals surface area contributed by atoms with Gasteiger partial charge in [0, 0.05) is 37.9 Å². The first-order valence-corrected chi connectivity index (χ1v) is 8.88. The summed E-state index contributed by atoms with van der Waals surface area (Å²) in [5.74, 6) is 0.122. The van der Waals surface area contributed by atoms with E-state index in [1.165, 1.54) is 12.3 Å². The van der Waals surface area contributed by atoms with Gasteiger partial charge in [0.2, 0.25) is 0 Å². The lowest BCUT2D eigenvalue weighted by atomic mass is 10.1. The first kappa shape index (κ1) is 18.8. The van der Waals surface area contributed by atoms with E-state index >= 15 is 0 Å². The summed E-state index contributed by atoms with van der Waals surface area (Å²) in [5, 5.41) is 2.85. The van der Waals surface area contributed by atoms with Crippen LogP contribution in [0.4, 0.5) is 5.69 Å². The number of piperazine rings is 1. The fourth-order valence-electron chi connectivity index (χ4n) is 2.97. The maximum absolute atomic E-state index is 12.7. The Kier molecular flexibility index (Phi) is 5.71. The van der Waals surface area contributed by atoms with Crippen LogP contribution in [0.5, 0.6) is 5.75 Å². The highest BCUT2D eigenvalue weighted by atomic mass is 16.5. The predicted octanol–water partition coefficient (Wildman–Crippen LogP) is 2.04. The number of carbonyl (C=O) groups is 2. The molecule has 0 saturated carbocycles. The molecule has 0 unspecified atom stereocenters. The monoisotopic (exact) mass is 368 g/mol. The maximum atomic E-state index is 12.7. The van der Waals surface area contributed by atoms with Crippen LogP contribution in [0, 0.1) is 6.92 Å². The summed E-state index contributed by atoms with van der Waals surface area (Å²) in [4.78, 5) is 33.4. The number of anilines is 1. The first-order chi connectivity index (χ1) is 13.0. The van der Waals surface area contributed by atoms with Crippen LogP contribution in [0.3, 0.4) is 0 Å². The lowest BCUT2D eigenvalue weighted by molar-refractivity contribution is 0.0658. The van der Waals surface area contributed by atoms with Gasteiger partial charge in [0.05, 0.1) is 12.8 Å². The summed E-state index contributed by atoms with van der Waals surface area (Å²) < 4.78 is 5.30. The molecular formula is C20H24N4O3.